The van der Waals surface area contributed by atoms with Crippen molar-refractivity contribution in [2.75, 3.05) is 18.4 Å². The normalized spacial score (nSPS) is 10.1. The number of unbranched alkanes of at least 4 members (excludes halogenated alkanes) is 1. The molecule has 0 heterocycles. The third-order valence-corrected chi connectivity index (χ3v) is 2.30. The topological polar surface area (TPSA) is 81.2 Å². The van der Waals surface area contributed by atoms with Gasteiger partial charge in [-0.3, -0.25) is 10.1 Å². The summed E-state index contributed by atoms with van der Waals surface area (Å²) < 4.78 is 0. The minimum atomic E-state index is -0.363. The molecule has 0 amide bonds. The van der Waals surface area contributed by atoms with Crippen LogP contribution in [-0.4, -0.2) is 18.0 Å². The fourth-order valence-corrected chi connectivity index (χ4v) is 1.43. The van der Waals surface area contributed by atoms with Crippen LogP contribution in [0.2, 0.25) is 0 Å². The van der Waals surface area contributed by atoms with Gasteiger partial charge in [0.05, 0.1) is 4.92 Å². The summed E-state index contributed by atoms with van der Waals surface area (Å²) in [5, 5.41) is 13.9. The summed E-state index contributed by atoms with van der Waals surface area (Å²) in [6, 6.07) is 5.18. The van der Waals surface area contributed by atoms with Crippen LogP contribution in [-0.2, 0) is 0 Å². The molecule has 0 saturated carbocycles. The van der Waals surface area contributed by atoms with Crippen molar-refractivity contribution in [2.45, 2.75) is 19.8 Å². The molecule has 88 valence electrons. The second-order valence-corrected chi connectivity index (χ2v) is 3.70. The molecule has 0 saturated heterocycles. The van der Waals surface area contributed by atoms with E-state index in [1.54, 1.807) is 12.1 Å². The highest BCUT2D eigenvalue weighted by Crippen LogP contribution is 2.25. The zero-order valence-electron chi connectivity index (χ0n) is 9.40. The lowest BCUT2D eigenvalue weighted by atomic mass is 10.2. The van der Waals surface area contributed by atoms with Crippen molar-refractivity contribution in [3.8, 4) is 0 Å². The minimum Gasteiger partial charge on any atom is -0.379 e. The van der Waals surface area contributed by atoms with Gasteiger partial charge in [-0.1, -0.05) is 6.07 Å². The van der Waals surface area contributed by atoms with Crippen LogP contribution in [0.1, 0.15) is 18.4 Å². The van der Waals surface area contributed by atoms with Crippen molar-refractivity contribution < 1.29 is 4.92 Å². The number of nitro benzene ring substituents is 1. The fourth-order valence-electron chi connectivity index (χ4n) is 1.43. The molecule has 1 aromatic carbocycles. The largest absolute Gasteiger partial charge is 0.379 e. The minimum absolute atomic E-state index is 0.132. The molecule has 0 aliphatic heterocycles. The summed E-state index contributed by atoms with van der Waals surface area (Å²) >= 11 is 0. The quantitative estimate of drug-likeness (QED) is 0.439. The number of hydrogen-bond donors (Lipinski definition) is 2. The first kappa shape index (κ1) is 12.4. The summed E-state index contributed by atoms with van der Waals surface area (Å²) in [6.07, 6.45) is 1.84. The first-order chi connectivity index (χ1) is 7.65. The van der Waals surface area contributed by atoms with Crippen LogP contribution >= 0.6 is 0 Å². The summed E-state index contributed by atoms with van der Waals surface area (Å²) in [7, 11) is 0. The number of nitro groups is 1. The van der Waals surface area contributed by atoms with E-state index in [4.69, 9.17) is 5.73 Å². The second-order valence-electron chi connectivity index (χ2n) is 3.70. The van der Waals surface area contributed by atoms with Gasteiger partial charge in [-0.05, 0) is 37.9 Å². The van der Waals surface area contributed by atoms with E-state index in [-0.39, 0.29) is 10.6 Å². The number of rotatable bonds is 6. The lowest BCUT2D eigenvalue weighted by molar-refractivity contribution is -0.384. The zero-order valence-corrected chi connectivity index (χ0v) is 9.40. The molecule has 0 aromatic heterocycles. The Kier molecular flexibility index (Phi) is 4.72. The van der Waals surface area contributed by atoms with Gasteiger partial charge < -0.3 is 11.1 Å². The number of hydrogen-bond acceptors (Lipinski definition) is 4. The Balaban J connectivity index is 2.67. The molecule has 5 nitrogen and oxygen atoms in total. The third kappa shape index (κ3) is 3.51. The average molecular weight is 223 g/mol. The van der Waals surface area contributed by atoms with E-state index in [9.17, 15) is 10.1 Å². The van der Waals surface area contributed by atoms with Gasteiger partial charge >= 0.3 is 0 Å². The van der Waals surface area contributed by atoms with E-state index < -0.39 is 0 Å². The maximum absolute atomic E-state index is 10.8. The molecule has 5 heteroatoms. The number of benzene rings is 1. The maximum Gasteiger partial charge on any atom is 0.292 e. The highest BCUT2D eigenvalue weighted by Gasteiger charge is 2.12. The van der Waals surface area contributed by atoms with E-state index in [2.05, 4.69) is 5.32 Å². The van der Waals surface area contributed by atoms with Gasteiger partial charge in [0.2, 0.25) is 0 Å². The van der Waals surface area contributed by atoms with Gasteiger partial charge in [0.15, 0.2) is 0 Å². The van der Waals surface area contributed by atoms with Crippen LogP contribution in [0.25, 0.3) is 0 Å². The van der Waals surface area contributed by atoms with Gasteiger partial charge in [-0.15, -0.1) is 0 Å². The van der Waals surface area contributed by atoms with E-state index in [0.717, 1.165) is 18.4 Å². The standard InChI is InChI=1S/C11H17N3O2/c1-9-4-5-10(11(8-9)14(15)16)13-7-3-2-6-12/h4-5,8,13H,2-3,6-7,12H2,1H3. The molecule has 0 radical (unpaired) electrons. The molecule has 16 heavy (non-hydrogen) atoms. The molecular formula is C11H17N3O2. The van der Waals surface area contributed by atoms with Gasteiger partial charge in [0.25, 0.3) is 5.69 Å². The van der Waals surface area contributed by atoms with Crippen LogP contribution < -0.4 is 11.1 Å². The SMILES string of the molecule is Cc1ccc(NCCCCN)c([N+](=O)[O-])c1. The van der Waals surface area contributed by atoms with Crippen LogP contribution in [0.15, 0.2) is 18.2 Å². The van der Waals surface area contributed by atoms with Crippen LogP contribution in [0, 0.1) is 17.0 Å². The van der Waals surface area contributed by atoms with Gasteiger partial charge in [-0.2, -0.15) is 0 Å². The molecule has 1 aromatic rings. The summed E-state index contributed by atoms with van der Waals surface area (Å²) in [5.41, 5.74) is 6.97. The Morgan fingerprint density at radius 1 is 1.44 bits per heavy atom. The monoisotopic (exact) mass is 223 g/mol. The molecule has 3 N–H and O–H groups in total. The Morgan fingerprint density at radius 3 is 2.81 bits per heavy atom. The highest BCUT2D eigenvalue weighted by molar-refractivity contribution is 5.62. The number of nitrogens with zero attached hydrogens (tertiary/aromatic N) is 1. The summed E-state index contributed by atoms with van der Waals surface area (Å²) in [5.74, 6) is 0. The van der Waals surface area contributed by atoms with Gasteiger partial charge in [-0.25, -0.2) is 0 Å². The van der Waals surface area contributed by atoms with Crippen molar-refractivity contribution in [3.05, 3.63) is 33.9 Å². The Hall–Kier alpha value is -1.62. The predicted molar refractivity (Wildman–Crippen MR) is 64.6 cm³/mol. The predicted octanol–water partition coefficient (Wildman–Crippen LogP) is 2.05. The molecular weight excluding hydrogens is 206 g/mol. The molecule has 0 bridgehead atoms. The lowest BCUT2D eigenvalue weighted by Gasteiger charge is -2.07. The van der Waals surface area contributed by atoms with Crippen molar-refractivity contribution in [1.29, 1.82) is 0 Å². The molecule has 0 fully saturated rings. The van der Waals surface area contributed by atoms with Gasteiger partial charge in [0, 0.05) is 12.6 Å². The van der Waals surface area contributed by atoms with Crippen molar-refractivity contribution in [1.82, 2.24) is 0 Å². The van der Waals surface area contributed by atoms with Crippen LogP contribution in [0.4, 0.5) is 11.4 Å². The molecule has 0 spiro atoms. The summed E-state index contributed by atoms with van der Waals surface area (Å²) in [4.78, 5) is 10.4. The van der Waals surface area contributed by atoms with Gasteiger partial charge in [0.1, 0.15) is 5.69 Å². The van der Waals surface area contributed by atoms with Crippen LogP contribution in [0.5, 0.6) is 0 Å². The molecule has 0 aliphatic rings. The average Bonchev–Trinajstić information content (AvgIpc) is 2.26. The number of anilines is 1. The smallest absolute Gasteiger partial charge is 0.292 e. The second kappa shape index (κ2) is 6.07. The molecule has 0 unspecified atom stereocenters. The maximum atomic E-state index is 10.8. The Labute approximate surface area is 94.8 Å². The van der Waals surface area contributed by atoms with Crippen molar-refractivity contribution in [3.63, 3.8) is 0 Å². The molecule has 1 rings (SSSR count). The van der Waals surface area contributed by atoms with E-state index in [0.29, 0.717) is 18.8 Å². The number of nitrogens with two attached hydrogens (primary N) is 1. The van der Waals surface area contributed by atoms with Crippen molar-refractivity contribution in [2.24, 2.45) is 5.73 Å². The van der Waals surface area contributed by atoms with E-state index >= 15 is 0 Å². The molecule has 0 atom stereocenters. The Bertz CT molecular complexity index is 366. The molecule has 0 aliphatic carbocycles. The summed E-state index contributed by atoms with van der Waals surface area (Å²) in [6.45, 7) is 3.20. The third-order valence-electron chi connectivity index (χ3n) is 2.30. The highest BCUT2D eigenvalue weighted by atomic mass is 16.6. The van der Waals surface area contributed by atoms with Crippen LogP contribution in [0.3, 0.4) is 0 Å². The number of nitrogens with one attached hydrogen (secondary N) is 1. The van der Waals surface area contributed by atoms with Crippen molar-refractivity contribution >= 4 is 11.4 Å². The zero-order chi connectivity index (χ0) is 12.0. The lowest BCUT2D eigenvalue weighted by Crippen LogP contribution is -2.07. The number of aryl methyl sites for hydroxylation is 1. The first-order valence-corrected chi connectivity index (χ1v) is 5.34. The van der Waals surface area contributed by atoms with E-state index in [1.165, 1.54) is 0 Å². The fraction of sp³-hybridized carbons (Fsp3) is 0.455. The Morgan fingerprint density at radius 2 is 2.19 bits per heavy atom. The van der Waals surface area contributed by atoms with E-state index in [1.807, 2.05) is 13.0 Å². The first-order valence-electron chi connectivity index (χ1n) is 5.34.